The van der Waals surface area contributed by atoms with Crippen molar-refractivity contribution in [1.82, 2.24) is 20.2 Å². The normalized spacial score (nSPS) is 10.2. The van der Waals surface area contributed by atoms with Crippen LogP contribution in [0.1, 0.15) is 0 Å². The van der Waals surface area contributed by atoms with E-state index < -0.39 is 0 Å². The molecular formula is C7H6N4O2. The highest BCUT2D eigenvalue weighted by Gasteiger charge is 2.04. The molecule has 6 heteroatoms. The van der Waals surface area contributed by atoms with Crippen LogP contribution >= 0.6 is 0 Å². The number of benzene rings is 1. The van der Waals surface area contributed by atoms with E-state index in [-0.39, 0.29) is 11.8 Å². The minimum atomic E-state index is -0.286. The number of hydrogen-bond acceptors (Lipinski definition) is 5. The van der Waals surface area contributed by atoms with Gasteiger partial charge in [-0.3, -0.25) is 0 Å². The first-order chi connectivity index (χ1) is 6.27. The molecule has 0 aliphatic rings. The van der Waals surface area contributed by atoms with Crippen molar-refractivity contribution in [2.75, 3.05) is 0 Å². The number of rotatable bonds is 1. The maximum Gasteiger partial charge on any atom is 0.337 e. The SMILES string of the molecule is Oc1ccc(-n2nnnc2O)cc1. The van der Waals surface area contributed by atoms with Crippen molar-refractivity contribution in [2.45, 2.75) is 0 Å². The number of tetrazole rings is 1. The van der Waals surface area contributed by atoms with Crippen LogP contribution in [0.4, 0.5) is 0 Å². The van der Waals surface area contributed by atoms with Crippen LogP contribution in [0, 0.1) is 0 Å². The van der Waals surface area contributed by atoms with Crippen LogP contribution in [0.2, 0.25) is 0 Å². The number of aromatic nitrogens is 4. The summed E-state index contributed by atoms with van der Waals surface area (Å²) in [4.78, 5) is 0. The summed E-state index contributed by atoms with van der Waals surface area (Å²) in [7, 11) is 0. The van der Waals surface area contributed by atoms with Gasteiger partial charge in [-0.05, 0) is 34.7 Å². The molecule has 0 saturated heterocycles. The molecule has 0 fully saturated rings. The van der Waals surface area contributed by atoms with Gasteiger partial charge in [-0.25, -0.2) is 0 Å². The average molecular weight is 178 g/mol. The van der Waals surface area contributed by atoms with E-state index in [0.29, 0.717) is 5.69 Å². The topological polar surface area (TPSA) is 84.1 Å². The van der Waals surface area contributed by atoms with E-state index in [1.807, 2.05) is 0 Å². The molecule has 0 unspecified atom stereocenters. The molecule has 1 heterocycles. The summed E-state index contributed by atoms with van der Waals surface area (Å²) in [5.74, 6) is 0.149. The summed E-state index contributed by atoms with van der Waals surface area (Å²) >= 11 is 0. The third kappa shape index (κ3) is 1.28. The maximum atomic E-state index is 9.14. The molecule has 13 heavy (non-hydrogen) atoms. The van der Waals surface area contributed by atoms with Crippen molar-refractivity contribution in [3.63, 3.8) is 0 Å². The minimum Gasteiger partial charge on any atom is -0.508 e. The van der Waals surface area contributed by atoms with Gasteiger partial charge >= 0.3 is 6.01 Å². The Kier molecular flexibility index (Phi) is 1.59. The standard InChI is InChI=1S/C7H6N4O2/c12-6-3-1-5(2-4-6)11-7(13)8-9-10-11/h1-4,12H,(H,8,10,13). The van der Waals surface area contributed by atoms with Crippen LogP contribution < -0.4 is 0 Å². The molecule has 0 bridgehead atoms. The molecule has 66 valence electrons. The highest BCUT2D eigenvalue weighted by atomic mass is 16.3. The van der Waals surface area contributed by atoms with E-state index >= 15 is 0 Å². The Morgan fingerprint density at radius 2 is 1.77 bits per heavy atom. The largest absolute Gasteiger partial charge is 0.508 e. The Labute approximate surface area is 73.1 Å². The van der Waals surface area contributed by atoms with E-state index in [4.69, 9.17) is 10.2 Å². The van der Waals surface area contributed by atoms with Crippen molar-refractivity contribution in [2.24, 2.45) is 0 Å². The molecule has 2 aromatic rings. The number of hydrogen-bond donors (Lipinski definition) is 2. The van der Waals surface area contributed by atoms with Crippen LogP contribution in [0.25, 0.3) is 5.69 Å². The lowest BCUT2D eigenvalue weighted by molar-refractivity contribution is 0.414. The number of nitrogens with zero attached hydrogens (tertiary/aromatic N) is 4. The molecule has 0 aliphatic heterocycles. The van der Waals surface area contributed by atoms with Crippen molar-refractivity contribution >= 4 is 0 Å². The van der Waals surface area contributed by atoms with E-state index in [0.717, 1.165) is 4.68 Å². The van der Waals surface area contributed by atoms with Crippen LogP contribution in [-0.4, -0.2) is 30.4 Å². The Morgan fingerprint density at radius 1 is 1.08 bits per heavy atom. The van der Waals surface area contributed by atoms with Gasteiger partial charge in [-0.15, -0.1) is 0 Å². The van der Waals surface area contributed by atoms with Crippen molar-refractivity contribution in [3.05, 3.63) is 24.3 Å². The molecule has 0 atom stereocenters. The highest BCUT2D eigenvalue weighted by molar-refractivity contribution is 5.36. The lowest BCUT2D eigenvalue weighted by Crippen LogP contribution is -1.95. The molecule has 0 saturated carbocycles. The minimum absolute atomic E-state index is 0.149. The van der Waals surface area contributed by atoms with Crippen LogP contribution in [0.15, 0.2) is 24.3 Å². The predicted molar refractivity (Wildman–Crippen MR) is 42.5 cm³/mol. The predicted octanol–water partition coefficient (Wildman–Crippen LogP) is 0.0735. The van der Waals surface area contributed by atoms with Gasteiger partial charge in [-0.1, -0.05) is 5.10 Å². The number of aromatic hydroxyl groups is 2. The van der Waals surface area contributed by atoms with Gasteiger partial charge in [0.1, 0.15) is 5.75 Å². The van der Waals surface area contributed by atoms with E-state index in [2.05, 4.69) is 15.5 Å². The van der Waals surface area contributed by atoms with E-state index in [9.17, 15) is 0 Å². The Bertz CT molecular complexity index is 409. The van der Waals surface area contributed by atoms with Gasteiger partial charge in [0.05, 0.1) is 5.69 Å². The quantitative estimate of drug-likeness (QED) is 0.645. The Hall–Kier alpha value is -2.11. The first kappa shape index (κ1) is 7.53. The fourth-order valence-corrected chi connectivity index (χ4v) is 0.943. The van der Waals surface area contributed by atoms with Crippen LogP contribution in [-0.2, 0) is 0 Å². The molecule has 1 aromatic carbocycles. The third-order valence-electron chi connectivity index (χ3n) is 1.55. The second-order valence-electron chi connectivity index (χ2n) is 2.41. The third-order valence-corrected chi connectivity index (χ3v) is 1.55. The van der Waals surface area contributed by atoms with Gasteiger partial charge < -0.3 is 10.2 Å². The number of phenolic OH excluding ortho intramolecular Hbond substituents is 1. The summed E-state index contributed by atoms with van der Waals surface area (Å²) in [5, 5.41) is 28.3. The van der Waals surface area contributed by atoms with Crippen molar-refractivity contribution in [1.29, 1.82) is 0 Å². The Balaban J connectivity index is 2.47. The molecule has 2 N–H and O–H groups in total. The smallest absolute Gasteiger partial charge is 0.337 e. The second-order valence-corrected chi connectivity index (χ2v) is 2.41. The molecule has 2 rings (SSSR count). The summed E-state index contributed by atoms with van der Waals surface area (Å²) in [5.41, 5.74) is 0.584. The lowest BCUT2D eigenvalue weighted by Gasteiger charge is -1.99. The zero-order valence-electron chi connectivity index (χ0n) is 6.49. The number of phenols is 1. The van der Waals surface area contributed by atoms with Crippen molar-refractivity contribution in [3.8, 4) is 17.4 Å². The first-order valence-corrected chi connectivity index (χ1v) is 3.54. The molecular weight excluding hydrogens is 172 g/mol. The molecule has 6 nitrogen and oxygen atoms in total. The van der Waals surface area contributed by atoms with Gasteiger partial charge in [0.25, 0.3) is 0 Å². The first-order valence-electron chi connectivity index (χ1n) is 3.54. The molecule has 0 spiro atoms. The van der Waals surface area contributed by atoms with E-state index in [1.54, 1.807) is 12.1 Å². The van der Waals surface area contributed by atoms with Crippen LogP contribution in [0.5, 0.6) is 11.8 Å². The Morgan fingerprint density at radius 3 is 2.31 bits per heavy atom. The van der Waals surface area contributed by atoms with Gasteiger partial charge in [0.2, 0.25) is 0 Å². The fraction of sp³-hybridized carbons (Fsp3) is 0. The average Bonchev–Trinajstić information content (AvgIpc) is 2.53. The summed E-state index contributed by atoms with van der Waals surface area (Å²) in [6.45, 7) is 0. The summed E-state index contributed by atoms with van der Waals surface area (Å²) in [6, 6.07) is 5.86. The lowest BCUT2D eigenvalue weighted by atomic mass is 10.3. The van der Waals surface area contributed by atoms with Gasteiger partial charge in [-0.2, -0.15) is 4.68 Å². The summed E-state index contributed by atoms with van der Waals surface area (Å²) in [6.07, 6.45) is 0. The molecule has 0 radical (unpaired) electrons. The summed E-state index contributed by atoms with van der Waals surface area (Å²) < 4.78 is 1.15. The van der Waals surface area contributed by atoms with Gasteiger partial charge in [0, 0.05) is 0 Å². The van der Waals surface area contributed by atoms with E-state index in [1.165, 1.54) is 12.1 Å². The van der Waals surface area contributed by atoms with Gasteiger partial charge in [0.15, 0.2) is 0 Å². The molecule has 0 amide bonds. The monoisotopic (exact) mass is 178 g/mol. The highest BCUT2D eigenvalue weighted by Crippen LogP contribution is 2.15. The maximum absolute atomic E-state index is 9.14. The molecule has 0 aliphatic carbocycles. The zero-order chi connectivity index (χ0) is 9.26. The molecule has 1 aromatic heterocycles. The zero-order valence-corrected chi connectivity index (χ0v) is 6.49. The van der Waals surface area contributed by atoms with Crippen molar-refractivity contribution < 1.29 is 10.2 Å². The fourth-order valence-electron chi connectivity index (χ4n) is 0.943. The van der Waals surface area contributed by atoms with Crippen LogP contribution in [0.3, 0.4) is 0 Å². The second kappa shape index (κ2) is 2.74.